The zero-order valence-corrected chi connectivity index (χ0v) is 12.5. The normalized spacial score (nSPS) is 17.2. The van der Waals surface area contributed by atoms with E-state index in [1.165, 1.54) is 6.42 Å². The Hall–Kier alpha value is -1.84. The number of nitrogens with one attached hydrogen (secondary N) is 1. The van der Waals surface area contributed by atoms with Gasteiger partial charge in [0, 0.05) is 0 Å². The first-order valence-electron chi connectivity index (χ1n) is 7.64. The Morgan fingerprint density at radius 1 is 1.19 bits per heavy atom. The van der Waals surface area contributed by atoms with Crippen molar-refractivity contribution in [3.63, 3.8) is 0 Å². The highest BCUT2D eigenvalue weighted by atomic mass is 16.4. The van der Waals surface area contributed by atoms with Crippen LogP contribution >= 0.6 is 0 Å². The Balaban J connectivity index is 1.94. The molecule has 2 rings (SSSR count). The van der Waals surface area contributed by atoms with Crippen LogP contribution < -0.4 is 5.32 Å². The van der Waals surface area contributed by atoms with Gasteiger partial charge < -0.3 is 10.4 Å². The molecule has 0 aliphatic heterocycles. The predicted molar refractivity (Wildman–Crippen MR) is 81.0 cm³/mol. The molecule has 1 unspecified atom stereocenters. The number of carbonyl (C=O) groups is 2. The molecule has 1 aromatic rings. The predicted octanol–water partition coefficient (Wildman–Crippen LogP) is 2.69. The van der Waals surface area contributed by atoms with Gasteiger partial charge in [0.1, 0.15) is 6.04 Å². The third-order valence-corrected chi connectivity index (χ3v) is 4.19. The van der Waals surface area contributed by atoms with Gasteiger partial charge in [-0.1, -0.05) is 49.1 Å². The maximum Gasteiger partial charge on any atom is 0.326 e. The topological polar surface area (TPSA) is 66.4 Å². The first kappa shape index (κ1) is 15.5. The van der Waals surface area contributed by atoms with Crippen LogP contribution in [0.2, 0.25) is 0 Å². The third kappa shape index (κ3) is 4.59. The first-order chi connectivity index (χ1) is 10.1. The number of amides is 1. The number of rotatable bonds is 5. The molecule has 21 heavy (non-hydrogen) atoms. The second kappa shape index (κ2) is 7.25. The molecule has 1 aromatic carbocycles. The molecule has 114 valence electrons. The van der Waals surface area contributed by atoms with E-state index in [4.69, 9.17) is 0 Å². The van der Waals surface area contributed by atoms with E-state index in [1.807, 2.05) is 31.2 Å². The van der Waals surface area contributed by atoms with Crippen LogP contribution in [-0.4, -0.2) is 23.0 Å². The SMILES string of the molecule is Cc1ccc(CC(=O)NC(C(=O)O)C2CCCCC2)cc1. The maximum atomic E-state index is 12.1. The summed E-state index contributed by atoms with van der Waals surface area (Å²) < 4.78 is 0. The lowest BCUT2D eigenvalue weighted by atomic mass is 9.84. The van der Waals surface area contributed by atoms with Crippen molar-refractivity contribution >= 4 is 11.9 Å². The molecule has 1 amide bonds. The van der Waals surface area contributed by atoms with Gasteiger partial charge in [-0.05, 0) is 31.2 Å². The van der Waals surface area contributed by atoms with E-state index in [1.54, 1.807) is 0 Å². The molecule has 4 nitrogen and oxygen atoms in total. The van der Waals surface area contributed by atoms with E-state index >= 15 is 0 Å². The molecule has 0 heterocycles. The maximum absolute atomic E-state index is 12.1. The second-order valence-corrected chi connectivity index (χ2v) is 5.94. The summed E-state index contributed by atoms with van der Waals surface area (Å²) in [5, 5.41) is 12.1. The Kier molecular flexibility index (Phi) is 5.37. The Bertz CT molecular complexity index is 489. The quantitative estimate of drug-likeness (QED) is 0.876. The summed E-state index contributed by atoms with van der Waals surface area (Å²) in [6.07, 6.45) is 5.30. The lowest BCUT2D eigenvalue weighted by Gasteiger charge is -2.28. The fourth-order valence-corrected chi connectivity index (χ4v) is 2.96. The molecule has 1 atom stereocenters. The molecule has 1 saturated carbocycles. The zero-order chi connectivity index (χ0) is 15.2. The average molecular weight is 289 g/mol. The summed E-state index contributed by atoms with van der Waals surface area (Å²) in [4.78, 5) is 23.5. The molecule has 4 heteroatoms. The molecule has 1 fully saturated rings. The van der Waals surface area contributed by atoms with Crippen molar-refractivity contribution in [3.05, 3.63) is 35.4 Å². The molecule has 0 bridgehead atoms. The molecule has 0 saturated heterocycles. The Labute approximate surface area is 125 Å². The van der Waals surface area contributed by atoms with Crippen LogP contribution in [0, 0.1) is 12.8 Å². The van der Waals surface area contributed by atoms with Gasteiger partial charge in [-0.15, -0.1) is 0 Å². The summed E-state index contributed by atoms with van der Waals surface area (Å²) in [6.45, 7) is 1.99. The minimum absolute atomic E-state index is 0.0678. The number of benzene rings is 1. The summed E-state index contributed by atoms with van der Waals surface area (Å²) in [5.74, 6) is -1.06. The highest BCUT2D eigenvalue weighted by Gasteiger charge is 2.30. The van der Waals surface area contributed by atoms with E-state index in [2.05, 4.69) is 5.32 Å². The lowest BCUT2D eigenvalue weighted by Crippen LogP contribution is -2.47. The average Bonchev–Trinajstić information content (AvgIpc) is 2.48. The van der Waals surface area contributed by atoms with Crippen LogP contribution in [-0.2, 0) is 16.0 Å². The van der Waals surface area contributed by atoms with Crippen LogP contribution in [0.25, 0.3) is 0 Å². The van der Waals surface area contributed by atoms with Crippen molar-refractivity contribution in [1.82, 2.24) is 5.32 Å². The van der Waals surface area contributed by atoms with Gasteiger partial charge in [-0.3, -0.25) is 4.79 Å². The van der Waals surface area contributed by atoms with E-state index in [0.29, 0.717) is 0 Å². The Morgan fingerprint density at radius 2 is 1.81 bits per heavy atom. The number of hydrogen-bond donors (Lipinski definition) is 2. The van der Waals surface area contributed by atoms with Crippen LogP contribution in [0.3, 0.4) is 0 Å². The number of carboxylic acid groups (broad SMARTS) is 1. The summed E-state index contributed by atoms with van der Waals surface area (Å²) in [7, 11) is 0. The molecular weight excluding hydrogens is 266 g/mol. The fraction of sp³-hybridized carbons (Fsp3) is 0.529. The van der Waals surface area contributed by atoms with Crippen LogP contribution in [0.4, 0.5) is 0 Å². The van der Waals surface area contributed by atoms with Crippen LogP contribution in [0.15, 0.2) is 24.3 Å². The van der Waals surface area contributed by atoms with Gasteiger partial charge in [0.2, 0.25) is 5.91 Å². The zero-order valence-electron chi connectivity index (χ0n) is 12.5. The standard InChI is InChI=1S/C17H23NO3/c1-12-7-9-13(10-8-12)11-15(19)18-16(17(20)21)14-5-3-2-4-6-14/h7-10,14,16H,2-6,11H2,1H3,(H,18,19)(H,20,21). The van der Waals surface area contributed by atoms with E-state index < -0.39 is 12.0 Å². The number of carbonyl (C=O) groups excluding carboxylic acids is 1. The van der Waals surface area contributed by atoms with Gasteiger partial charge in [-0.2, -0.15) is 0 Å². The summed E-state index contributed by atoms with van der Waals surface area (Å²) in [5.41, 5.74) is 2.05. The molecule has 1 aliphatic rings. The molecular formula is C17H23NO3. The smallest absolute Gasteiger partial charge is 0.326 e. The third-order valence-electron chi connectivity index (χ3n) is 4.19. The molecule has 0 aromatic heterocycles. The summed E-state index contributed by atoms with van der Waals surface area (Å²) >= 11 is 0. The van der Waals surface area contributed by atoms with Crippen molar-refractivity contribution in [1.29, 1.82) is 0 Å². The van der Waals surface area contributed by atoms with E-state index in [9.17, 15) is 14.7 Å². The van der Waals surface area contributed by atoms with Gasteiger partial charge in [-0.25, -0.2) is 4.79 Å². The van der Waals surface area contributed by atoms with Crippen molar-refractivity contribution in [2.24, 2.45) is 5.92 Å². The van der Waals surface area contributed by atoms with Crippen molar-refractivity contribution < 1.29 is 14.7 Å². The fourth-order valence-electron chi connectivity index (χ4n) is 2.96. The first-order valence-corrected chi connectivity index (χ1v) is 7.64. The minimum atomic E-state index is -0.917. The largest absolute Gasteiger partial charge is 0.480 e. The van der Waals surface area contributed by atoms with Crippen LogP contribution in [0.1, 0.15) is 43.2 Å². The van der Waals surface area contributed by atoms with Gasteiger partial charge >= 0.3 is 5.97 Å². The van der Waals surface area contributed by atoms with Gasteiger partial charge in [0.05, 0.1) is 6.42 Å². The number of aryl methyl sites for hydroxylation is 1. The van der Waals surface area contributed by atoms with Crippen molar-refractivity contribution in [3.8, 4) is 0 Å². The van der Waals surface area contributed by atoms with Crippen LogP contribution in [0.5, 0.6) is 0 Å². The number of aliphatic carboxylic acids is 1. The second-order valence-electron chi connectivity index (χ2n) is 5.94. The highest BCUT2D eigenvalue weighted by molar-refractivity contribution is 5.85. The number of hydrogen-bond acceptors (Lipinski definition) is 2. The molecule has 2 N–H and O–H groups in total. The van der Waals surface area contributed by atoms with Crippen molar-refractivity contribution in [2.75, 3.05) is 0 Å². The van der Waals surface area contributed by atoms with Crippen molar-refractivity contribution in [2.45, 2.75) is 51.5 Å². The summed E-state index contributed by atoms with van der Waals surface area (Å²) in [6, 6.07) is 6.98. The Morgan fingerprint density at radius 3 is 2.38 bits per heavy atom. The minimum Gasteiger partial charge on any atom is -0.480 e. The highest BCUT2D eigenvalue weighted by Crippen LogP contribution is 2.26. The molecule has 1 aliphatic carbocycles. The van der Waals surface area contributed by atoms with Gasteiger partial charge in [0.25, 0.3) is 0 Å². The van der Waals surface area contributed by atoms with E-state index in [0.717, 1.165) is 36.8 Å². The van der Waals surface area contributed by atoms with Gasteiger partial charge in [0.15, 0.2) is 0 Å². The monoisotopic (exact) mass is 289 g/mol. The van der Waals surface area contributed by atoms with E-state index in [-0.39, 0.29) is 18.2 Å². The lowest BCUT2D eigenvalue weighted by molar-refractivity contribution is -0.143. The number of carboxylic acids is 1. The molecule has 0 spiro atoms. The molecule has 0 radical (unpaired) electrons.